The van der Waals surface area contributed by atoms with Crippen LogP contribution in [0.2, 0.25) is 0 Å². The number of fused-ring (bicyclic) bond motifs is 1. The lowest BCUT2D eigenvalue weighted by Gasteiger charge is -2.06. The number of benzene rings is 2. The molecule has 3 heteroatoms. The number of nitrogens with zero attached hydrogens (tertiary/aromatic N) is 1. The van der Waals surface area contributed by atoms with Gasteiger partial charge in [0.1, 0.15) is 5.52 Å². The molecule has 3 rings (SSSR count). The summed E-state index contributed by atoms with van der Waals surface area (Å²) in [6.07, 6.45) is 0. The number of rotatable bonds is 2. The highest BCUT2D eigenvalue weighted by Crippen LogP contribution is 2.31. The molecule has 3 nitrogen and oxygen atoms in total. The fraction of sp³-hybridized carbons (Fsp3) is 0.188. The zero-order valence-corrected chi connectivity index (χ0v) is 11.1. The van der Waals surface area contributed by atoms with Gasteiger partial charge in [-0.05, 0) is 30.2 Å². The third-order valence-corrected chi connectivity index (χ3v) is 3.18. The second-order valence-electron chi connectivity index (χ2n) is 5.00. The predicted octanol–water partition coefficient (Wildman–Crippen LogP) is 4.20. The summed E-state index contributed by atoms with van der Waals surface area (Å²) in [7, 11) is 0. The van der Waals surface area contributed by atoms with E-state index < -0.39 is 0 Å². The van der Waals surface area contributed by atoms with Crippen LogP contribution in [-0.4, -0.2) is 4.98 Å². The van der Waals surface area contributed by atoms with E-state index in [1.54, 1.807) is 0 Å². The average Bonchev–Trinajstić information content (AvgIpc) is 2.82. The molecule has 0 amide bonds. The third-order valence-electron chi connectivity index (χ3n) is 3.18. The molecule has 0 spiro atoms. The summed E-state index contributed by atoms with van der Waals surface area (Å²) in [6.45, 7) is 4.25. The molecule has 1 heterocycles. The van der Waals surface area contributed by atoms with E-state index in [1.165, 1.54) is 0 Å². The minimum Gasteiger partial charge on any atom is -0.436 e. The molecule has 0 aliphatic rings. The van der Waals surface area contributed by atoms with Gasteiger partial charge in [-0.25, -0.2) is 4.98 Å². The van der Waals surface area contributed by atoms with Gasteiger partial charge in [0.05, 0.1) is 0 Å². The van der Waals surface area contributed by atoms with E-state index in [1.807, 2.05) is 42.5 Å². The van der Waals surface area contributed by atoms with Gasteiger partial charge in [-0.3, -0.25) is 0 Å². The van der Waals surface area contributed by atoms with E-state index in [9.17, 15) is 0 Å². The molecule has 0 unspecified atom stereocenters. The van der Waals surface area contributed by atoms with Gasteiger partial charge in [0.15, 0.2) is 5.58 Å². The van der Waals surface area contributed by atoms with Gasteiger partial charge < -0.3 is 10.2 Å². The number of aromatic nitrogens is 1. The number of nitrogens with two attached hydrogens (primary N) is 1. The molecule has 0 saturated carbocycles. The summed E-state index contributed by atoms with van der Waals surface area (Å²) in [4.78, 5) is 4.54. The monoisotopic (exact) mass is 252 g/mol. The van der Waals surface area contributed by atoms with Crippen molar-refractivity contribution in [3.05, 3.63) is 48.0 Å². The number of nitrogen functional groups attached to an aromatic ring is 1. The molecule has 0 radical (unpaired) electrons. The molecule has 2 N–H and O–H groups in total. The third kappa shape index (κ3) is 2.08. The van der Waals surface area contributed by atoms with Crippen LogP contribution in [0.25, 0.3) is 22.6 Å². The minimum atomic E-state index is 0.350. The Bertz CT molecular complexity index is 714. The molecule has 0 bridgehead atoms. The van der Waals surface area contributed by atoms with Crippen LogP contribution in [0.15, 0.2) is 46.9 Å². The Balaban J connectivity index is 2.23. The maximum Gasteiger partial charge on any atom is 0.227 e. The second-order valence-corrected chi connectivity index (χ2v) is 5.00. The van der Waals surface area contributed by atoms with Gasteiger partial charge in [0.2, 0.25) is 5.89 Å². The molecule has 1 aromatic heterocycles. The van der Waals surface area contributed by atoms with Crippen molar-refractivity contribution < 1.29 is 4.42 Å². The Morgan fingerprint density at radius 1 is 1.11 bits per heavy atom. The zero-order valence-electron chi connectivity index (χ0n) is 11.1. The lowest BCUT2D eigenvalue weighted by molar-refractivity contribution is 0.611. The molecular weight excluding hydrogens is 236 g/mol. The van der Waals surface area contributed by atoms with Crippen LogP contribution in [0, 0.1) is 0 Å². The summed E-state index contributed by atoms with van der Waals surface area (Å²) in [6, 6.07) is 13.7. The van der Waals surface area contributed by atoms with Crippen LogP contribution in [0.3, 0.4) is 0 Å². The van der Waals surface area contributed by atoms with E-state index in [2.05, 4.69) is 18.8 Å². The fourth-order valence-corrected chi connectivity index (χ4v) is 2.21. The quantitative estimate of drug-likeness (QED) is 0.695. The highest BCUT2D eigenvalue weighted by Gasteiger charge is 2.14. The highest BCUT2D eigenvalue weighted by atomic mass is 16.3. The highest BCUT2D eigenvalue weighted by molar-refractivity contribution is 5.83. The van der Waals surface area contributed by atoms with Crippen molar-refractivity contribution in [1.29, 1.82) is 0 Å². The number of hydrogen-bond donors (Lipinski definition) is 1. The van der Waals surface area contributed by atoms with Gasteiger partial charge in [0, 0.05) is 16.8 Å². The molecule has 0 aliphatic carbocycles. The molecule has 96 valence electrons. The minimum absolute atomic E-state index is 0.350. The Kier molecular flexibility index (Phi) is 2.75. The first-order chi connectivity index (χ1) is 9.15. The van der Waals surface area contributed by atoms with Crippen LogP contribution >= 0.6 is 0 Å². The molecular formula is C16H16N2O. The Morgan fingerprint density at radius 3 is 2.53 bits per heavy atom. The van der Waals surface area contributed by atoms with E-state index in [0.29, 0.717) is 11.8 Å². The standard InChI is InChI=1S/C16H16N2O/c1-10(2)13-8-12(17)9-14-15(13)19-16(18-14)11-6-4-3-5-7-11/h3-10H,17H2,1-2H3. The zero-order chi connectivity index (χ0) is 13.4. The first kappa shape index (κ1) is 11.8. The van der Waals surface area contributed by atoms with Gasteiger partial charge in [-0.1, -0.05) is 32.0 Å². The van der Waals surface area contributed by atoms with E-state index in [4.69, 9.17) is 10.2 Å². The van der Waals surface area contributed by atoms with Crippen molar-refractivity contribution >= 4 is 16.8 Å². The topological polar surface area (TPSA) is 52.0 Å². The van der Waals surface area contributed by atoms with Crippen molar-refractivity contribution in [2.45, 2.75) is 19.8 Å². The molecule has 0 saturated heterocycles. The lowest BCUT2D eigenvalue weighted by atomic mass is 10.0. The molecule has 2 aromatic carbocycles. The van der Waals surface area contributed by atoms with Crippen LogP contribution in [-0.2, 0) is 0 Å². The Morgan fingerprint density at radius 2 is 1.84 bits per heavy atom. The average molecular weight is 252 g/mol. The summed E-state index contributed by atoms with van der Waals surface area (Å²) in [5, 5.41) is 0. The molecule has 19 heavy (non-hydrogen) atoms. The maximum absolute atomic E-state index is 5.93. The van der Waals surface area contributed by atoms with Crippen LogP contribution in [0.5, 0.6) is 0 Å². The fourth-order valence-electron chi connectivity index (χ4n) is 2.21. The Hall–Kier alpha value is -2.29. The van der Waals surface area contributed by atoms with Crippen molar-refractivity contribution in [1.82, 2.24) is 4.98 Å². The van der Waals surface area contributed by atoms with Gasteiger partial charge >= 0.3 is 0 Å². The van der Waals surface area contributed by atoms with Crippen molar-refractivity contribution in [2.24, 2.45) is 0 Å². The SMILES string of the molecule is CC(C)c1cc(N)cc2nc(-c3ccccc3)oc12. The van der Waals surface area contributed by atoms with Crippen LogP contribution < -0.4 is 5.73 Å². The van der Waals surface area contributed by atoms with Gasteiger partial charge in [-0.15, -0.1) is 0 Å². The van der Waals surface area contributed by atoms with Crippen LogP contribution in [0.4, 0.5) is 5.69 Å². The summed E-state index contributed by atoms with van der Waals surface area (Å²) < 4.78 is 5.93. The molecule has 0 fully saturated rings. The van der Waals surface area contributed by atoms with Gasteiger partial charge in [0.25, 0.3) is 0 Å². The molecule has 0 atom stereocenters. The first-order valence-corrected chi connectivity index (χ1v) is 6.40. The van der Waals surface area contributed by atoms with Crippen LogP contribution in [0.1, 0.15) is 25.3 Å². The molecule has 3 aromatic rings. The van der Waals surface area contributed by atoms with Crippen molar-refractivity contribution in [3.8, 4) is 11.5 Å². The smallest absolute Gasteiger partial charge is 0.227 e. The normalized spacial score (nSPS) is 11.3. The number of oxazole rings is 1. The number of anilines is 1. The van der Waals surface area contributed by atoms with Crippen molar-refractivity contribution in [2.75, 3.05) is 5.73 Å². The first-order valence-electron chi connectivity index (χ1n) is 6.40. The number of hydrogen-bond acceptors (Lipinski definition) is 3. The summed E-state index contributed by atoms with van der Waals surface area (Å²) in [5.74, 6) is 0.991. The lowest BCUT2D eigenvalue weighted by Crippen LogP contribution is -1.92. The van der Waals surface area contributed by atoms with Crippen molar-refractivity contribution in [3.63, 3.8) is 0 Å². The maximum atomic E-state index is 5.93. The van der Waals surface area contributed by atoms with E-state index in [0.717, 1.165) is 27.9 Å². The van der Waals surface area contributed by atoms with Gasteiger partial charge in [-0.2, -0.15) is 0 Å². The summed E-state index contributed by atoms with van der Waals surface area (Å²) in [5.41, 5.74) is 10.4. The largest absolute Gasteiger partial charge is 0.436 e. The Labute approximate surface area is 112 Å². The summed E-state index contributed by atoms with van der Waals surface area (Å²) >= 11 is 0. The van der Waals surface area contributed by atoms with E-state index >= 15 is 0 Å². The molecule has 0 aliphatic heterocycles. The predicted molar refractivity (Wildman–Crippen MR) is 77.9 cm³/mol. The second kappa shape index (κ2) is 4.43. The van der Waals surface area contributed by atoms with E-state index in [-0.39, 0.29) is 0 Å².